The number of para-hydroxylation sites is 1. The van der Waals surface area contributed by atoms with Crippen LogP contribution in [0.15, 0.2) is 60.7 Å². The number of carbonyl (C=O) groups excluding carboxylic acids is 3. The molecule has 25 heavy (non-hydrogen) atoms. The Morgan fingerprint density at radius 1 is 0.880 bits per heavy atom. The highest BCUT2D eigenvalue weighted by Crippen LogP contribution is 2.16. The summed E-state index contributed by atoms with van der Waals surface area (Å²) in [7, 11) is 0. The third kappa shape index (κ3) is 5.57. The largest absolute Gasteiger partial charge is 0.354 e. The van der Waals surface area contributed by atoms with E-state index >= 15 is 0 Å². The van der Waals surface area contributed by atoms with E-state index in [0.29, 0.717) is 11.3 Å². The van der Waals surface area contributed by atoms with E-state index in [1.54, 1.807) is 54.6 Å². The Morgan fingerprint density at radius 2 is 1.44 bits per heavy atom. The normalized spacial score (nSPS) is 11.6. The predicted molar refractivity (Wildman–Crippen MR) is 97.2 cm³/mol. The van der Waals surface area contributed by atoms with Gasteiger partial charge in [-0.05, 0) is 26.0 Å². The van der Waals surface area contributed by atoms with Gasteiger partial charge in [0.1, 0.15) is 5.92 Å². The van der Waals surface area contributed by atoms with Gasteiger partial charge in [0.2, 0.25) is 11.8 Å². The third-order valence-electron chi connectivity index (χ3n) is 3.57. The van der Waals surface area contributed by atoms with Gasteiger partial charge in [0, 0.05) is 23.7 Å². The third-order valence-corrected chi connectivity index (χ3v) is 3.57. The van der Waals surface area contributed by atoms with E-state index in [4.69, 9.17) is 0 Å². The average Bonchev–Trinajstić information content (AvgIpc) is 2.60. The molecular weight excluding hydrogens is 316 g/mol. The van der Waals surface area contributed by atoms with Crippen LogP contribution in [0.5, 0.6) is 0 Å². The van der Waals surface area contributed by atoms with E-state index in [1.807, 2.05) is 19.9 Å². The molecule has 2 rings (SSSR count). The van der Waals surface area contributed by atoms with Crippen LogP contribution in [0, 0.1) is 5.92 Å². The fourth-order valence-corrected chi connectivity index (χ4v) is 2.43. The molecule has 0 fully saturated rings. The van der Waals surface area contributed by atoms with Gasteiger partial charge in [0.05, 0.1) is 0 Å². The molecule has 0 unspecified atom stereocenters. The minimum atomic E-state index is -1.08. The molecule has 0 aliphatic rings. The Bertz CT molecular complexity index is 727. The van der Waals surface area contributed by atoms with Gasteiger partial charge in [-0.3, -0.25) is 14.4 Å². The first-order chi connectivity index (χ1) is 12.0. The van der Waals surface area contributed by atoms with Gasteiger partial charge >= 0.3 is 0 Å². The van der Waals surface area contributed by atoms with Crippen molar-refractivity contribution in [1.29, 1.82) is 0 Å². The summed E-state index contributed by atoms with van der Waals surface area (Å²) in [6.45, 7) is 3.66. The van der Waals surface area contributed by atoms with Crippen LogP contribution in [0.1, 0.15) is 30.6 Å². The second kappa shape index (κ2) is 8.78. The van der Waals surface area contributed by atoms with Gasteiger partial charge in [0.25, 0.3) is 0 Å². The summed E-state index contributed by atoms with van der Waals surface area (Å²) in [5, 5.41) is 5.44. The Morgan fingerprint density at radius 3 is 2.00 bits per heavy atom. The maximum Gasteiger partial charge on any atom is 0.235 e. The molecule has 2 aromatic carbocycles. The number of Topliss-reactive ketones (excluding diaryl/α,β-unsaturated/α-hetero) is 1. The number of rotatable bonds is 7. The van der Waals surface area contributed by atoms with Crippen molar-refractivity contribution in [2.45, 2.75) is 26.3 Å². The summed E-state index contributed by atoms with van der Waals surface area (Å²) in [6, 6.07) is 17.4. The van der Waals surface area contributed by atoms with Crippen LogP contribution < -0.4 is 10.6 Å². The zero-order valence-corrected chi connectivity index (χ0v) is 14.4. The number of anilines is 1. The van der Waals surface area contributed by atoms with Crippen molar-refractivity contribution < 1.29 is 14.4 Å². The number of hydrogen-bond acceptors (Lipinski definition) is 3. The number of ketones is 1. The topological polar surface area (TPSA) is 75.3 Å². The number of carbonyl (C=O) groups is 3. The fraction of sp³-hybridized carbons (Fsp3) is 0.250. The van der Waals surface area contributed by atoms with E-state index in [1.165, 1.54) is 0 Å². The smallest absolute Gasteiger partial charge is 0.235 e. The van der Waals surface area contributed by atoms with Crippen molar-refractivity contribution in [1.82, 2.24) is 5.32 Å². The average molecular weight is 338 g/mol. The monoisotopic (exact) mass is 338 g/mol. The van der Waals surface area contributed by atoms with Crippen molar-refractivity contribution >= 4 is 23.3 Å². The Kier molecular flexibility index (Phi) is 6.46. The molecule has 0 bridgehead atoms. The molecule has 0 saturated heterocycles. The lowest BCUT2D eigenvalue weighted by molar-refractivity contribution is -0.126. The molecule has 0 aliphatic carbocycles. The van der Waals surface area contributed by atoms with E-state index < -0.39 is 11.8 Å². The van der Waals surface area contributed by atoms with Crippen LogP contribution in [-0.4, -0.2) is 23.6 Å². The molecule has 5 heteroatoms. The van der Waals surface area contributed by atoms with Gasteiger partial charge in [-0.25, -0.2) is 0 Å². The van der Waals surface area contributed by atoms with Gasteiger partial charge in [-0.15, -0.1) is 0 Å². The summed E-state index contributed by atoms with van der Waals surface area (Å²) in [5.74, 6) is -2.26. The molecule has 1 atom stereocenters. The summed E-state index contributed by atoms with van der Waals surface area (Å²) < 4.78 is 0. The molecule has 2 N–H and O–H groups in total. The highest BCUT2D eigenvalue weighted by molar-refractivity contribution is 6.15. The Hall–Kier alpha value is -2.95. The fourth-order valence-electron chi connectivity index (χ4n) is 2.43. The minimum Gasteiger partial charge on any atom is -0.354 e. The maximum absolute atomic E-state index is 12.8. The van der Waals surface area contributed by atoms with E-state index in [9.17, 15) is 14.4 Å². The van der Waals surface area contributed by atoms with Crippen LogP contribution in [0.3, 0.4) is 0 Å². The van der Waals surface area contributed by atoms with Crippen molar-refractivity contribution in [2.75, 3.05) is 5.32 Å². The van der Waals surface area contributed by atoms with Crippen LogP contribution in [0.4, 0.5) is 5.69 Å². The Labute approximate surface area is 147 Å². The van der Waals surface area contributed by atoms with Crippen molar-refractivity contribution in [3.05, 3.63) is 66.2 Å². The van der Waals surface area contributed by atoms with Gasteiger partial charge < -0.3 is 10.6 Å². The molecule has 130 valence electrons. The highest BCUT2D eigenvalue weighted by Gasteiger charge is 2.30. The summed E-state index contributed by atoms with van der Waals surface area (Å²) >= 11 is 0. The summed E-state index contributed by atoms with van der Waals surface area (Å²) in [6.07, 6.45) is -0.190. The number of benzene rings is 2. The molecule has 0 radical (unpaired) electrons. The second-order valence-electron chi connectivity index (χ2n) is 6.06. The molecule has 0 saturated carbocycles. The molecule has 2 amide bonds. The lowest BCUT2D eigenvalue weighted by atomic mass is 9.93. The first-order valence-electron chi connectivity index (χ1n) is 8.22. The highest BCUT2D eigenvalue weighted by atomic mass is 16.2. The minimum absolute atomic E-state index is 0.0582. The maximum atomic E-state index is 12.8. The van der Waals surface area contributed by atoms with Crippen LogP contribution in [0.2, 0.25) is 0 Å². The standard InChI is InChI=1S/C20H22N2O3/c1-14(2)21-18(23)13-17(19(24)15-9-5-3-6-10-15)20(25)22-16-11-7-4-8-12-16/h3-12,14,17H,13H2,1-2H3,(H,21,23)(H,22,25)/t17-/m1/s1. The van der Waals surface area contributed by atoms with Crippen molar-refractivity contribution in [2.24, 2.45) is 5.92 Å². The van der Waals surface area contributed by atoms with Gasteiger partial charge in [0.15, 0.2) is 5.78 Å². The van der Waals surface area contributed by atoms with Crippen molar-refractivity contribution in [3.8, 4) is 0 Å². The van der Waals surface area contributed by atoms with Crippen LogP contribution >= 0.6 is 0 Å². The molecule has 0 heterocycles. The predicted octanol–water partition coefficient (Wildman–Crippen LogP) is 3.04. The van der Waals surface area contributed by atoms with E-state index in [2.05, 4.69) is 10.6 Å². The van der Waals surface area contributed by atoms with Crippen LogP contribution in [0.25, 0.3) is 0 Å². The molecule has 2 aromatic rings. The molecular formula is C20H22N2O3. The SMILES string of the molecule is CC(C)NC(=O)C[C@@H](C(=O)Nc1ccccc1)C(=O)c1ccccc1. The number of hydrogen-bond donors (Lipinski definition) is 2. The van der Waals surface area contributed by atoms with Crippen molar-refractivity contribution in [3.63, 3.8) is 0 Å². The van der Waals surface area contributed by atoms with E-state index in [0.717, 1.165) is 0 Å². The zero-order chi connectivity index (χ0) is 18.2. The Balaban J connectivity index is 2.20. The molecule has 5 nitrogen and oxygen atoms in total. The summed E-state index contributed by atoms with van der Waals surface area (Å²) in [4.78, 5) is 37.5. The summed E-state index contributed by atoms with van der Waals surface area (Å²) in [5.41, 5.74) is 0.996. The molecule has 0 spiro atoms. The van der Waals surface area contributed by atoms with Gasteiger partial charge in [-0.2, -0.15) is 0 Å². The lowest BCUT2D eigenvalue weighted by Crippen LogP contribution is -2.37. The number of nitrogens with one attached hydrogen (secondary N) is 2. The molecule has 0 aromatic heterocycles. The van der Waals surface area contributed by atoms with E-state index in [-0.39, 0.29) is 24.2 Å². The number of amides is 2. The van der Waals surface area contributed by atoms with Crippen LogP contribution in [-0.2, 0) is 9.59 Å². The quantitative estimate of drug-likeness (QED) is 0.602. The lowest BCUT2D eigenvalue weighted by Gasteiger charge is -2.17. The zero-order valence-electron chi connectivity index (χ0n) is 14.4. The second-order valence-corrected chi connectivity index (χ2v) is 6.06. The first-order valence-corrected chi connectivity index (χ1v) is 8.22. The van der Waals surface area contributed by atoms with Gasteiger partial charge in [-0.1, -0.05) is 48.5 Å². The first kappa shape index (κ1) is 18.4. The molecule has 0 aliphatic heterocycles.